The number of hydrogen-bond acceptors (Lipinski definition) is 11. The lowest BCUT2D eigenvalue weighted by Crippen LogP contribution is -2.61. The van der Waals surface area contributed by atoms with Crippen LogP contribution in [0.3, 0.4) is 0 Å². The fourth-order valence-corrected chi connectivity index (χ4v) is 8.29. The van der Waals surface area contributed by atoms with E-state index in [2.05, 4.69) is 45.1 Å². The number of carbonyl (C=O) groups excluding carboxylic acids is 3. The molecule has 12 heteroatoms. The summed E-state index contributed by atoms with van der Waals surface area (Å²) in [7, 11) is 0. The zero-order valence-corrected chi connectivity index (χ0v) is 42.7. The number of unbranched alkanes of at least 4 members (excludes halogenated alkanes) is 28. The Hall–Kier alpha value is -2.80. The van der Waals surface area contributed by atoms with Crippen LogP contribution in [0.4, 0.5) is 0 Å². The highest BCUT2D eigenvalue weighted by molar-refractivity contribution is 5.74. The summed E-state index contributed by atoms with van der Waals surface area (Å²) in [5.41, 5.74) is 0. The molecule has 1 heterocycles. The highest BCUT2D eigenvalue weighted by atomic mass is 16.7. The van der Waals surface area contributed by atoms with Gasteiger partial charge in [0.2, 0.25) is 0 Å². The van der Waals surface area contributed by atoms with Crippen LogP contribution in [-0.2, 0) is 42.9 Å². The molecule has 1 rings (SSSR count). The fourth-order valence-electron chi connectivity index (χ4n) is 8.29. The van der Waals surface area contributed by atoms with Crippen molar-refractivity contribution in [3.8, 4) is 0 Å². The van der Waals surface area contributed by atoms with Crippen LogP contribution in [0.5, 0.6) is 0 Å². The monoisotopic (exact) mass is 951 g/mol. The minimum Gasteiger partial charge on any atom is -0.479 e. The maximum atomic E-state index is 13.1. The largest absolute Gasteiger partial charge is 0.479 e. The molecule has 0 aromatic heterocycles. The van der Waals surface area contributed by atoms with Crippen LogP contribution in [0, 0.1) is 0 Å². The fraction of sp³-hybridized carbons (Fsp3) is 0.855. The number of carbonyl (C=O) groups is 4. The van der Waals surface area contributed by atoms with E-state index in [0.717, 1.165) is 96.3 Å². The van der Waals surface area contributed by atoms with Gasteiger partial charge in [-0.3, -0.25) is 14.4 Å². The maximum absolute atomic E-state index is 13.1. The van der Waals surface area contributed by atoms with E-state index in [4.69, 9.17) is 23.7 Å². The van der Waals surface area contributed by atoms with Gasteiger partial charge in [-0.25, -0.2) is 4.79 Å². The quantitative estimate of drug-likeness (QED) is 0.0228. The number of aliphatic hydroxyl groups is 2. The third-order valence-corrected chi connectivity index (χ3v) is 12.5. The van der Waals surface area contributed by atoms with E-state index in [9.17, 15) is 34.5 Å². The molecule has 0 aliphatic carbocycles. The Balaban J connectivity index is 2.72. The SMILES string of the molecule is CCC/C=C\C/C=C\CCCCCCCC(=O)OCC(COC1OC(C(=O)O)C(O)C(O)C1OC(=O)CCCCCCCCCCCCCCC)OC(=O)CCCCCCCCCCCCC. The van der Waals surface area contributed by atoms with Crippen LogP contribution in [0.2, 0.25) is 0 Å². The van der Waals surface area contributed by atoms with Gasteiger partial charge in [0, 0.05) is 19.3 Å². The van der Waals surface area contributed by atoms with Crippen molar-refractivity contribution in [2.45, 2.75) is 289 Å². The second kappa shape index (κ2) is 44.4. The lowest BCUT2D eigenvalue weighted by molar-refractivity contribution is -0.301. The first kappa shape index (κ1) is 62.2. The molecule has 0 saturated carbocycles. The van der Waals surface area contributed by atoms with E-state index < -0.39 is 67.3 Å². The van der Waals surface area contributed by atoms with Crippen molar-refractivity contribution < 1.29 is 58.2 Å². The number of ether oxygens (including phenoxy) is 5. The van der Waals surface area contributed by atoms with E-state index in [1.165, 1.54) is 96.3 Å². The summed E-state index contributed by atoms with van der Waals surface area (Å²) < 4.78 is 28.3. The van der Waals surface area contributed by atoms with Crippen molar-refractivity contribution in [1.29, 1.82) is 0 Å². The Morgan fingerprint density at radius 3 is 1.40 bits per heavy atom. The maximum Gasteiger partial charge on any atom is 0.335 e. The van der Waals surface area contributed by atoms with Gasteiger partial charge in [-0.1, -0.05) is 212 Å². The Morgan fingerprint density at radius 2 is 0.925 bits per heavy atom. The van der Waals surface area contributed by atoms with E-state index in [-0.39, 0.29) is 25.9 Å². The first-order chi connectivity index (χ1) is 32.6. The van der Waals surface area contributed by atoms with Gasteiger partial charge in [-0.15, -0.1) is 0 Å². The Labute approximate surface area is 407 Å². The van der Waals surface area contributed by atoms with E-state index in [1.807, 2.05) is 0 Å². The predicted octanol–water partition coefficient (Wildman–Crippen LogP) is 13.1. The zero-order chi connectivity index (χ0) is 49.0. The van der Waals surface area contributed by atoms with Gasteiger partial charge in [0.15, 0.2) is 24.6 Å². The Morgan fingerprint density at radius 1 is 0.493 bits per heavy atom. The first-order valence-corrected chi connectivity index (χ1v) is 27.3. The highest BCUT2D eigenvalue weighted by Gasteiger charge is 2.50. The average molecular weight is 951 g/mol. The van der Waals surface area contributed by atoms with E-state index in [1.54, 1.807) is 0 Å². The molecule has 0 spiro atoms. The van der Waals surface area contributed by atoms with E-state index >= 15 is 0 Å². The average Bonchev–Trinajstić information content (AvgIpc) is 3.31. The molecule has 67 heavy (non-hydrogen) atoms. The molecule has 0 aromatic rings. The molecule has 0 radical (unpaired) electrons. The molecular weight excluding hydrogens is 853 g/mol. The number of allylic oxidation sites excluding steroid dienone is 4. The molecule has 6 unspecified atom stereocenters. The smallest absolute Gasteiger partial charge is 0.335 e. The highest BCUT2D eigenvalue weighted by Crippen LogP contribution is 2.26. The van der Waals surface area contributed by atoms with E-state index in [0.29, 0.717) is 19.3 Å². The van der Waals surface area contributed by atoms with Crippen molar-refractivity contribution in [2.24, 2.45) is 0 Å². The predicted molar refractivity (Wildman–Crippen MR) is 266 cm³/mol. The van der Waals surface area contributed by atoms with Crippen molar-refractivity contribution in [1.82, 2.24) is 0 Å². The zero-order valence-electron chi connectivity index (χ0n) is 42.7. The number of rotatable bonds is 46. The molecule has 1 aliphatic rings. The van der Waals surface area contributed by atoms with Crippen LogP contribution in [-0.4, -0.2) is 89.2 Å². The summed E-state index contributed by atoms with van der Waals surface area (Å²) in [5.74, 6) is -3.11. The number of esters is 3. The molecule has 6 atom stereocenters. The van der Waals surface area contributed by atoms with Crippen LogP contribution in [0.25, 0.3) is 0 Å². The van der Waals surface area contributed by atoms with Crippen LogP contribution >= 0.6 is 0 Å². The number of carboxylic acid groups (broad SMARTS) is 1. The van der Waals surface area contributed by atoms with Crippen molar-refractivity contribution in [3.63, 3.8) is 0 Å². The minimum atomic E-state index is -1.90. The lowest BCUT2D eigenvalue weighted by Gasteiger charge is -2.40. The molecule has 0 aromatic carbocycles. The first-order valence-electron chi connectivity index (χ1n) is 27.3. The third-order valence-electron chi connectivity index (χ3n) is 12.5. The van der Waals surface area contributed by atoms with Gasteiger partial charge >= 0.3 is 23.9 Å². The molecule has 1 saturated heterocycles. The topological polar surface area (TPSA) is 175 Å². The molecule has 3 N–H and O–H groups in total. The summed E-state index contributed by atoms with van der Waals surface area (Å²) >= 11 is 0. The second-order valence-electron chi connectivity index (χ2n) is 18.9. The summed E-state index contributed by atoms with van der Waals surface area (Å²) in [6.45, 7) is 5.90. The normalized spacial score (nSPS) is 19.0. The van der Waals surface area contributed by atoms with Gasteiger partial charge in [-0.2, -0.15) is 0 Å². The molecule has 1 fully saturated rings. The van der Waals surface area contributed by atoms with Crippen LogP contribution in [0.1, 0.15) is 252 Å². The number of aliphatic carboxylic acids is 1. The van der Waals surface area contributed by atoms with Crippen LogP contribution < -0.4 is 0 Å². The Kier molecular flexibility index (Phi) is 41.2. The molecule has 0 amide bonds. The number of carboxylic acids is 1. The molecule has 12 nitrogen and oxygen atoms in total. The molecule has 0 bridgehead atoms. The Bertz CT molecular complexity index is 1270. The van der Waals surface area contributed by atoms with Gasteiger partial charge in [0.1, 0.15) is 18.8 Å². The summed E-state index contributed by atoms with van der Waals surface area (Å²) in [6, 6.07) is 0. The van der Waals surface area contributed by atoms with Crippen molar-refractivity contribution in [3.05, 3.63) is 24.3 Å². The number of aliphatic hydroxyl groups excluding tert-OH is 2. The van der Waals surface area contributed by atoms with Gasteiger partial charge in [-0.05, 0) is 44.9 Å². The summed E-state index contributed by atoms with van der Waals surface area (Å²) in [5, 5.41) is 31.3. The summed E-state index contributed by atoms with van der Waals surface area (Å²) in [6.07, 6.45) is 35.9. The molecule has 1 aliphatic heterocycles. The van der Waals surface area contributed by atoms with Crippen molar-refractivity contribution >= 4 is 23.9 Å². The lowest BCUT2D eigenvalue weighted by atomic mass is 9.98. The van der Waals surface area contributed by atoms with Gasteiger partial charge < -0.3 is 39.0 Å². The minimum absolute atomic E-state index is 0.0655. The number of hydrogen-bond donors (Lipinski definition) is 3. The van der Waals surface area contributed by atoms with Gasteiger partial charge in [0.05, 0.1) is 6.61 Å². The summed E-state index contributed by atoms with van der Waals surface area (Å²) in [4.78, 5) is 50.8. The van der Waals surface area contributed by atoms with Crippen molar-refractivity contribution in [2.75, 3.05) is 13.2 Å². The second-order valence-corrected chi connectivity index (χ2v) is 18.9. The molecular formula is C55H98O12. The van der Waals surface area contributed by atoms with Crippen LogP contribution in [0.15, 0.2) is 24.3 Å². The van der Waals surface area contributed by atoms with Gasteiger partial charge in [0.25, 0.3) is 0 Å². The molecule has 390 valence electrons. The standard InChI is InChI=1S/C55H98O12/c1-4-7-10-13-16-19-22-24-27-29-32-35-38-41-47(56)63-44-46(65-48(57)42-39-36-33-30-26-21-18-15-12-9-6-3)45-64-55-53(51(60)50(59)52(67-55)54(61)62)66-49(58)43-40-37-34-31-28-25-23-20-17-14-11-8-5-2/h10,13,19,22,46,50-53,55,59-60H,4-9,11-12,14-18,20-21,23-45H2,1-3H3,(H,61,62)/b13-10-,22-19-. The third kappa shape index (κ3) is 35.0.